The van der Waals surface area contributed by atoms with Crippen molar-refractivity contribution in [2.45, 2.75) is 12.8 Å². The van der Waals surface area contributed by atoms with Gasteiger partial charge in [0.2, 0.25) is 0 Å². The number of amides is 1. The van der Waals surface area contributed by atoms with E-state index < -0.39 is 0 Å². The summed E-state index contributed by atoms with van der Waals surface area (Å²) in [6, 6.07) is 10.3. The van der Waals surface area contributed by atoms with Crippen molar-refractivity contribution in [3.05, 3.63) is 35.9 Å². The largest absolute Gasteiger partial charge is 0.333 e. The van der Waals surface area contributed by atoms with Gasteiger partial charge in [-0.25, -0.2) is 0 Å². The first kappa shape index (κ1) is 10.6. The minimum atomic E-state index is 0.247. The Kier molecular flexibility index (Phi) is 3.67. The zero-order valence-corrected chi connectivity index (χ0v) is 9.50. The van der Waals surface area contributed by atoms with Gasteiger partial charge in [-0.1, -0.05) is 42.1 Å². The molecule has 0 unspecified atom stereocenters. The molecule has 0 bridgehead atoms. The highest BCUT2D eigenvalue weighted by Gasteiger charge is 2.17. The van der Waals surface area contributed by atoms with E-state index in [-0.39, 0.29) is 5.24 Å². The molecule has 0 atom stereocenters. The third-order valence-electron chi connectivity index (χ3n) is 2.57. The second kappa shape index (κ2) is 5.21. The Labute approximate surface area is 94.7 Å². The highest BCUT2D eigenvalue weighted by atomic mass is 32.2. The van der Waals surface area contributed by atoms with Gasteiger partial charge in [0.25, 0.3) is 5.24 Å². The van der Waals surface area contributed by atoms with Crippen molar-refractivity contribution in [3.8, 4) is 0 Å². The average molecular weight is 221 g/mol. The topological polar surface area (TPSA) is 20.3 Å². The molecule has 1 aliphatic heterocycles. The molecule has 80 valence electrons. The van der Waals surface area contributed by atoms with Gasteiger partial charge in [-0.3, -0.25) is 4.79 Å². The predicted molar refractivity (Wildman–Crippen MR) is 64.2 cm³/mol. The Bertz CT molecular complexity index is 326. The van der Waals surface area contributed by atoms with E-state index in [4.69, 9.17) is 0 Å². The normalized spacial score (nSPS) is 16.8. The molecule has 0 spiro atoms. The van der Waals surface area contributed by atoms with Gasteiger partial charge < -0.3 is 4.90 Å². The Hall–Kier alpha value is -0.960. The van der Waals surface area contributed by atoms with E-state index in [0.29, 0.717) is 0 Å². The van der Waals surface area contributed by atoms with Crippen molar-refractivity contribution < 1.29 is 4.79 Å². The standard InChI is InChI=1S/C12H15NOS/c14-12-13(8-4-10-15-12)9-7-11-5-2-1-3-6-11/h1-3,5-6H,4,7-10H2. The number of hydrogen-bond acceptors (Lipinski definition) is 2. The quantitative estimate of drug-likeness (QED) is 0.782. The number of carbonyl (C=O) groups is 1. The number of hydrogen-bond donors (Lipinski definition) is 0. The molecule has 1 fully saturated rings. The van der Waals surface area contributed by atoms with Gasteiger partial charge in [-0.15, -0.1) is 0 Å². The molecule has 1 saturated heterocycles. The predicted octanol–water partition coefficient (Wildman–Crippen LogP) is 2.79. The summed E-state index contributed by atoms with van der Waals surface area (Å²) in [5.41, 5.74) is 1.31. The van der Waals surface area contributed by atoms with Crippen LogP contribution in [0.25, 0.3) is 0 Å². The minimum absolute atomic E-state index is 0.247. The zero-order valence-electron chi connectivity index (χ0n) is 8.69. The first-order valence-corrected chi connectivity index (χ1v) is 6.30. The molecule has 0 aliphatic carbocycles. The molecule has 3 heteroatoms. The van der Waals surface area contributed by atoms with Crippen molar-refractivity contribution in [2.24, 2.45) is 0 Å². The highest BCUT2D eigenvalue weighted by molar-refractivity contribution is 8.13. The number of benzene rings is 1. The molecular formula is C12H15NOS. The van der Waals surface area contributed by atoms with E-state index in [9.17, 15) is 4.79 Å². The second-order valence-corrected chi connectivity index (χ2v) is 4.74. The van der Waals surface area contributed by atoms with Gasteiger partial charge in [0.15, 0.2) is 0 Å². The van der Waals surface area contributed by atoms with Crippen LogP contribution in [-0.2, 0) is 6.42 Å². The van der Waals surface area contributed by atoms with Gasteiger partial charge >= 0.3 is 0 Å². The fourth-order valence-corrected chi connectivity index (χ4v) is 2.52. The van der Waals surface area contributed by atoms with Crippen LogP contribution < -0.4 is 0 Å². The van der Waals surface area contributed by atoms with E-state index in [1.165, 1.54) is 17.3 Å². The summed E-state index contributed by atoms with van der Waals surface area (Å²) < 4.78 is 0. The third kappa shape index (κ3) is 2.99. The molecule has 15 heavy (non-hydrogen) atoms. The maximum absolute atomic E-state index is 11.5. The maximum Gasteiger partial charge on any atom is 0.281 e. The average Bonchev–Trinajstić information content (AvgIpc) is 2.29. The summed E-state index contributed by atoms with van der Waals surface area (Å²) in [4.78, 5) is 13.5. The zero-order chi connectivity index (χ0) is 10.5. The second-order valence-electron chi connectivity index (χ2n) is 3.69. The molecule has 1 aromatic carbocycles. The van der Waals surface area contributed by atoms with E-state index in [2.05, 4.69) is 12.1 Å². The molecule has 0 saturated carbocycles. The molecule has 0 radical (unpaired) electrons. The van der Waals surface area contributed by atoms with Crippen LogP contribution in [0.5, 0.6) is 0 Å². The van der Waals surface area contributed by atoms with E-state index in [0.717, 1.165) is 31.7 Å². The maximum atomic E-state index is 11.5. The molecule has 1 heterocycles. The van der Waals surface area contributed by atoms with Crippen molar-refractivity contribution in [2.75, 3.05) is 18.8 Å². The van der Waals surface area contributed by atoms with E-state index in [1.807, 2.05) is 23.1 Å². The van der Waals surface area contributed by atoms with Crippen LogP contribution in [-0.4, -0.2) is 29.0 Å². The van der Waals surface area contributed by atoms with Crippen molar-refractivity contribution >= 4 is 17.0 Å². The Balaban J connectivity index is 1.85. The smallest absolute Gasteiger partial charge is 0.281 e. The number of thioether (sulfide) groups is 1. The first-order valence-electron chi connectivity index (χ1n) is 5.32. The minimum Gasteiger partial charge on any atom is -0.333 e. The van der Waals surface area contributed by atoms with Gasteiger partial charge in [0.1, 0.15) is 0 Å². The van der Waals surface area contributed by atoms with Crippen LogP contribution in [0.1, 0.15) is 12.0 Å². The number of carbonyl (C=O) groups excluding carboxylic acids is 1. The summed E-state index contributed by atoms with van der Waals surface area (Å²) >= 11 is 1.45. The van der Waals surface area contributed by atoms with Crippen molar-refractivity contribution in [1.82, 2.24) is 4.90 Å². The van der Waals surface area contributed by atoms with Crippen LogP contribution in [0.15, 0.2) is 30.3 Å². The van der Waals surface area contributed by atoms with Gasteiger partial charge in [-0.2, -0.15) is 0 Å². The Morgan fingerprint density at radius 2 is 2.07 bits per heavy atom. The lowest BCUT2D eigenvalue weighted by Crippen LogP contribution is -2.34. The van der Waals surface area contributed by atoms with Gasteiger partial charge in [-0.05, 0) is 18.4 Å². The summed E-state index contributed by atoms with van der Waals surface area (Å²) in [6.45, 7) is 1.79. The summed E-state index contributed by atoms with van der Waals surface area (Å²) in [5.74, 6) is 0.987. The molecule has 0 aromatic heterocycles. The fourth-order valence-electron chi connectivity index (χ4n) is 1.71. The van der Waals surface area contributed by atoms with Gasteiger partial charge in [0.05, 0.1) is 0 Å². The van der Waals surface area contributed by atoms with Crippen molar-refractivity contribution in [1.29, 1.82) is 0 Å². The molecule has 1 aromatic rings. The third-order valence-corrected chi connectivity index (χ3v) is 3.57. The summed E-state index contributed by atoms with van der Waals surface area (Å²) in [7, 11) is 0. The monoisotopic (exact) mass is 221 g/mol. The molecular weight excluding hydrogens is 206 g/mol. The SMILES string of the molecule is O=C1SCCCN1CCc1ccccc1. The van der Waals surface area contributed by atoms with Crippen molar-refractivity contribution in [3.63, 3.8) is 0 Å². The lowest BCUT2D eigenvalue weighted by Gasteiger charge is -2.25. The molecule has 1 aliphatic rings. The summed E-state index contributed by atoms with van der Waals surface area (Å²) in [6.07, 6.45) is 2.10. The lowest BCUT2D eigenvalue weighted by molar-refractivity contribution is 0.221. The Morgan fingerprint density at radius 1 is 1.27 bits per heavy atom. The van der Waals surface area contributed by atoms with Crippen LogP contribution in [0.3, 0.4) is 0 Å². The van der Waals surface area contributed by atoms with E-state index in [1.54, 1.807) is 0 Å². The Morgan fingerprint density at radius 3 is 2.80 bits per heavy atom. The van der Waals surface area contributed by atoms with E-state index >= 15 is 0 Å². The molecule has 2 rings (SSSR count). The number of rotatable bonds is 3. The lowest BCUT2D eigenvalue weighted by atomic mass is 10.1. The van der Waals surface area contributed by atoms with Crippen LogP contribution in [0.4, 0.5) is 4.79 Å². The van der Waals surface area contributed by atoms with Crippen LogP contribution in [0.2, 0.25) is 0 Å². The molecule has 0 N–H and O–H groups in total. The summed E-state index contributed by atoms with van der Waals surface area (Å²) in [5, 5.41) is 0.247. The number of nitrogens with zero attached hydrogens (tertiary/aromatic N) is 1. The first-order chi connectivity index (χ1) is 7.36. The molecule has 1 amide bonds. The van der Waals surface area contributed by atoms with Gasteiger partial charge in [0, 0.05) is 18.8 Å². The van der Waals surface area contributed by atoms with Crippen LogP contribution >= 0.6 is 11.8 Å². The highest BCUT2D eigenvalue weighted by Crippen LogP contribution is 2.17. The van der Waals surface area contributed by atoms with Crippen LogP contribution in [0, 0.1) is 0 Å². The molecule has 2 nitrogen and oxygen atoms in total. The fraction of sp³-hybridized carbons (Fsp3) is 0.417.